The second kappa shape index (κ2) is 4.68. The monoisotopic (exact) mass is 271 g/mol. The number of ketones is 1. The maximum atomic E-state index is 12.9. The number of carbonyl (C=O) groups excluding carboxylic acids is 2. The first-order chi connectivity index (χ1) is 8.80. The van der Waals surface area contributed by atoms with E-state index in [1.54, 1.807) is 0 Å². The Kier molecular flexibility index (Phi) is 3.34. The van der Waals surface area contributed by atoms with Crippen molar-refractivity contribution in [2.45, 2.75) is 25.9 Å². The van der Waals surface area contributed by atoms with E-state index >= 15 is 0 Å². The number of rotatable bonds is 2. The van der Waals surface area contributed by atoms with Crippen molar-refractivity contribution in [3.63, 3.8) is 0 Å². The Morgan fingerprint density at radius 1 is 1.32 bits per heavy atom. The highest BCUT2D eigenvalue weighted by Crippen LogP contribution is 2.35. The standard InChI is InChI=1S/C13H12F3NO2/c1-8(18)10-5-4-9(7-11(10)13(14,15)16)17-6-2-3-12(17)19/h4-5,7H,2-3,6H2,1H3. The van der Waals surface area contributed by atoms with Gasteiger partial charge in [-0.25, -0.2) is 0 Å². The second-order valence-corrected chi connectivity index (χ2v) is 4.43. The fourth-order valence-corrected chi connectivity index (χ4v) is 2.16. The molecule has 0 aliphatic carbocycles. The predicted octanol–water partition coefficient (Wildman–Crippen LogP) is 3.03. The van der Waals surface area contributed by atoms with Crippen molar-refractivity contribution < 1.29 is 22.8 Å². The maximum absolute atomic E-state index is 12.9. The Morgan fingerprint density at radius 3 is 2.47 bits per heavy atom. The first kappa shape index (κ1) is 13.6. The van der Waals surface area contributed by atoms with Crippen molar-refractivity contribution in [2.24, 2.45) is 0 Å². The minimum Gasteiger partial charge on any atom is -0.312 e. The molecule has 1 heterocycles. The number of Topliss-reactive ketones (excluding diaryl/α,β-unsaturated/α-hetero) is 1. The van der Waals surface area contributed by atoms with Crippen molar-refractivity contribution in [3.05, 3.63) is 29.3 Å². The molecule has 0 radical (unpaired) electrons. The minimum absolute atomic E-state index is 0.191. The number of nitrogens with zero attached hydrogens (tertiary/aromatic N) is 1. The Balaban J connectivity index is 2.49. The number of hydrogen-bond donors (Lipinski definition) is 0. The van der Waals surface area contributed by atoms with E-state index in [-0.39, 0.29) is 17.2 Å². The number of hydrogen-bond acceptors (Lipinski definition) is 2. The molecular formula is C13H12F3NO2. The summed E-state index contributed by atoms with van der Waals surface area (Å²) in [6.45, 7) is 1.50. The largest absolute Gasteiger partial charge is 0.417 e. The zero-order valence-corrected chi connectivity index (χ0v) is 10.3. The summed E-state index contributed by atoms with van der Waals surface area (Å²) >= 11 is 0. The van der Waals surface area contributed by atoms with Crippen LogP contribution in [0.3, 0.4) is 0 Å². The summed E-state index contributed by atoms with van der Waals surface area (Å²) < 4.78 is 38.8. The van der Waals surface area contributed by atoms with Crippen LogP contribution < -0.4 is 4.90 Å². The molecule has 1 aliphatic heterocycles. The van der Waals surface area contributed by atoms with E-state index in [2.05, 4.69) is 0 Å². The summed E-state index contributed by atoms with van der Waals surface area (Å²) in [5.41, 5.74) is -1.17. The molecule has 19 heavy (non-hydrogen) atoms. The third-order valence-electron chi connectivity index (χ3n) is 3.07. The molecule has 0 spiro atoms. The molecule has 0 N–H and O–H groups in total. The average Bonchev–Trinajstić information content (AvgIpc) is 2.73. The van der Waals surface area contributed by atoms with Gasteiger partial charge in [-0.1, -0.05) is 0 Å². The number of carbonyl (C=O) groups is 2. The van der Waals surface area contributed by atoms with Crippen LogP contribution in [-0.4, -0.2) is 18.2 Å². The van der Waals surface area contributed by atoms with Crippen molar-refractivity contribution in [2.75, 3.05) is 11.4 Å². The molecule has 1 saturated heterocycles. The quantitative estimate of drug-likeness (QED) is 0.775. The van der Waals surface area contributed by atoms with E-state index in [9.17, 15) is 22.8 Å². The minimum atomic E-state index is -4.61. The van der Waals surface area contributed by atoms with Crippen LogP contribution in [0.1, 0.15) is 35.7 Å². The van der Waals surface area contributed by atoms with Crippen molar-refractivity contribution >= 4 is 17.4 Å². The van der Waals surface area contributed by atoms with Gasteiger partial charge in [-0.15, -0.1) is 0 Å². The molecule has 6 heteroatoms. The van der Waals surface area contributed by atoms with Crippen LogP contribution in [0.2, 0.25) is 0 Å². The third kappa shape index (κ3) is 2.62. The number of amides is 1. The van der Waals surface area contributed by atoms with Gasteiger partial charge in [-0.2, -0.15) is 13.2 Å². The smallest absolute Gasteiger partial charge is 0.312 e. The van der Waals surface area contributed by atoms with Gasteiger partial charge in [0.25, 0.3) is 0 Å². The zero-order chi connectivity index (χ0) is 14.2. The molecule has 0 saturated carbocycles. The summed E-state index contributed by atoms with van der Waals surface area (Å²) in [5, 5.41) is 0. The molecule has 0 atom stereocenters. The normalized spacial score (nSPS) is 16.0. The molecule has 102 valence electrons. The Labute approximate surface area is 108 Å². The van der Waals surface area contributed by atoms with Crippen LogP contribution in [0.5, 0.6) is 0 Å². The van der Waals surface area contributed by atoms with Crippen LogP contribution in [0, 0.1) is 0 Å². The van der Waals surface area contributed by atoms with Gasteiger partial charge in [0, 0.05) is 24.2 Å². The topological polar surface area (TPSA) is 37.4 Å². The lowest BCUT2D eigenvalue weighted by molar-refractivity contribution is -0.138. The molecule has 1 fully saturated rings. The number of alkyl halides is 3. The number of halogens is 3. The van der Waals surface area contributed by atoms with Crippen LogP contribution in [-0.2, 0) is 11.0 Å². The fraction of sp³-hybridized carbons (Fsp3) is 0.385. The van der Waals surface area contributed by atoms with Crippen LogP contribution >= 0.6 is 0 Å². The second-order valence-electron chi connectivity index (χ2n) is 4.43. The van der Waals surface area contributed by atoms with Gasteiger partial charge in [0.05, 0.1) is 5.56 Å². The summed E-state index contributed by atoms with van der Waals surface area (Å²) in [5.74, 6) is -0.838. The highest BCUT2D eigenvalue weighted by atomic mass is 19.4. The van der Waals surface area contributed by atoms with Gasteiger partial charge < -0.3 is 4.90 Å². The Bertz CT molecular complexity index is 537. The Morgan fingerprint density at radius 2 is 2.00 bits per heavy atom. The van der Waals surface area contributed by atoms with Crippen molar-refractivity contribution in [1.82, 2.24) is 0 Å². The fourth-order valence-electron chi connectivity index (χ4n) is 2.16. The Hall–Kier alpha value is -1.85. The van der Waals surface area contributed by atoms with E-state index in [4.69, 9.17) is 0 Å². The van der Waals surface area contributed by atoms with E-state index < -0.39 is 17.5 Å². The lowest BCUT2D eigenvalue weighted by Gasteiger charge is -2.19. The SMILES string of the molecule is CC(=O)c1ccc(N2CCCC2=O)cc1C(F)(F)F. The van der Waals surface area contributed by atoms with E-state index in [0.29, 0.717) is 19.4 Å². The number of benzene rings is 1. The summed E-state index contributed by atoms with van der Waals surface area (Å²) in [6, 6.07) is 3.39. The molecule has 3 nitrogen and oxygen atoms in total. The van der Waals surface area contributed by atoms with E-state index in [1.165, 1.54) is 11.0 Å². The lowest BCUT2D eigenvalue weighted by atomic mass is 10.0. The molecule has 1 aliphatic rings. The van der Waals surface area contributed by atoms with Crippen LogP contribution in [0.25, 0.3) is 0 Å². The van der Waals surface area contributed by atoms with Gasteiger partial charge in [-0.05, 0) is 31.5 Å². The molecule has 0 aromatic heterocycles. The van der Waals surface area contributed by atoms with Crippen LogP contribution in [0.15, 0.2) is 18.2 Å². The van der Waals surface area contributed by atoms with Gasteiger partial charge in [-0.3, -0.25) is 9.59 Å². The summed E-state index contributed by atoms with van der Waals surface area (Å²) in [7, 11) is 0. The van der Waals surface area contributed by atoms with Crippen molar-refractivity contribution in [3.8, 4) is 0 Å². The summed E-state index contributed by atoms with van der Waals surface area (Å²) in [6.07, 6.45) is -3.63. The number of anilines is 1. The summed E-state index contributed by atoms with van der Waals surface area (Å²) in [4.78, 5) is 24.1. The van der Waals surface area contributed by atoms with Crippen molar-refractivity contribution in [1.29, 1.82) is 0 Å². The molecule has 0 bridgehead atoms. The van der Waals surface area contributed by atoms with E-state index in [1.807, 2.05) is 0 Å². The maximum Gasteiger partial charge on any atom is 0.417 e. The lowest BCUT2D eigenvalue weighted by Crippen LogP contribution is -2.24. The van der Waals surface area contributed by atoms with Gasteiger partial charge in [0.2, 0.25) is 5.91 Å². The first-order valence-electron chi connectivity index (χ1n) is 5.83. The molecule has 2 rings (SSSR count). The van der Waals surface area contributed by atoms with Gasteiger partial charge in [0.1, 0.15) is 0 Å². The van der Waals surface area contributed by atoms with Crippen LogP contribution in [0.4, 0.5) is 18.9 Å². The predicted molar refractivity (Wildman–Crippen MR) is 63.0 cm³/mol. The highest BCUT2D eigenvalue weighted by Gasteiger charge is 2.35. The molecule has 1 aromatic carbocycles. The van der Waals surface area contributed by atoms with Gasteiger partial charge in [0.15, 0.2) is 5.78 Å². The highest BCUT2D eigenvalue weighted by molar-refractivity contribution is 5.98. The molecular weight excluding hydrogens is 259 g/mol. The molecule has 1 amide bonds. The van der Waals surface area contributed by atoms with E-state index in [0.717, 1.165) is 19.1 Å². The third-order valence-corrected chi connectivity index (χ3v) is 3.07. The molecule has 0 unspecified atom stereocenters. The average molecular weight is 271 g/mol. The molecule has 1 aromatic rings. The zero-order valence-electron chi connectivity index (χ0n) is 10.3. The van der Waals surface area contributed by atoms with Gasteiger partial charge >= 0.3 is 6.18 Å². The first-order valence-corrected chi connectivity index (χ1v) is 5.83.